The van der Waals surface area contributed by atoms with E-state index in [0.29, 0.717) is 12.1 Å². The minimum atomic E-state index is 0.422. The van der Waals surface area contributed by atoms with Gasteiger partial charge < -0.3 is 5.32 Å². The van der Waals surface area contributed by atoms with Gasteiger partial charge in [0, 0.05) is 24.5 Å². The minimum Gasteiger partial charge on any atom is -0.307 e. The lowest BCUT2D eigenvalue weighted by molar-refractivity contribution is 0.196. The molecule has 1 aliphatic rings. The van der Waals surface area contributed by atoms with E-state index in [-0.39, 0.29) is 0 Å². The highest BCUT2D eigenvalue weighted by Crippen LogP contribution is 2.30. The first-order valence-electron chi connectivity index (χ1n) is 6.84. The maximum Gasteiger partial charge on any atom is 0.0295 e. The molecule has 1 aliphatic carbocycles. The van der Waals surface area contributed by atoms with Crippen molar-refractivity contribution in [2.24, 2.45) is 11.8 Å². The smallest absolute Gasteiger partial charge is 0.0295 e. The van der Waals surface area contributed by atoms with E-state index in [1.54, 1.807) is 0 Å². The average Bonchev–Trinajstić information content (AvgIpc) is 2.35. The van der Waals surface area contributed by atoms with Gasteiger partial charge in [-0.1, -0.05) is 20.3 Å². The highest BCUT2D eigenvalue weighted by molar-refractivity contribution is 5.14. The molecule has 1 aromatic rings. The quantitative estimate of drug-likeness (QED) is 0.862. The Morgan fingerprint density at radius 3 is 2.35 bits per heavy atom. The van der Waals surface area contributed by atoms with Crippen molar-refractivity contribution in [2.45, 2.75) is 52.1 Å². The van der Waals surface area contributed by atoms with Gasteiger partial charge in [-0.2, -0.15) is 0 Å². The zero-order valence-corrected chi connectivity index (χ0v) is 11.2. The van der Waals surface area contributed by atoms with Crippen LogP contribution in [0, 0.1) is 11.8 Å². The lowest BCUT2D eigenvalue weighted by atomic mass is 9.78. The molecule has 3 unspecified atom stereocenters. The van der Waals surface area contributed by atoms with Gasteiger partial charge in [-0.3, -0.25) is 4.98 Å². The molecule has 1 N–H and O–H groups in total. The first-order valence-corrected chi connectivity index (χ1v) is 6.84. The van der Waals surface area contributed by atoms with E-state index in [0.717, 1.165) is 11.8 Å². The van der Waals surface area contributed by atoms with Crippen molar-refractivity contribution in [1.29, 1.82) is 0 Å². The first-order chi connectivity index (χ1) is 8.18. The minimum absolute atomic E-state index is 0.422. The first kappa shape index (κ1) is 12.6. The second-order valence-electron chi connectivity index (χ2n) is 5.58. The summed E-state index contributed by atoms with van der Waals surface area (Å²) in [6.07, 6.45) is 7.88. The van der Waals surface area contributed by atoms with Gasteiger partial charge >= 0.3 is 0 Å². The van der Waals surface area contributed by atoms with Gasteiger partial charge in [0.2, 0.25) is 0 Å². The molecule has 17 heavy (non-hydrogen) atoms. The van der Waals surface area contributed by atoms with E-state index >= 15 is 0 Å². The molecular formula is C15H24N2. The van der Waals surface area contributed by atoms with Crippen molar-refractivity contribution >= 4 is 0 Å². The van der Waals surface area contributed by atoms with E-state index in [1.165, 1.54) is 24.8 Å². The van der Waals surface area contributed by atoms with Crippen LogP contribution in [0.15, 0.2) is 24.5 Å². The van der Waals surface area contributed by atoms with Crippen molar-refractivity contribution in [2.75, 3.05) is 0 Å². The van der Waals surface area contributed by atoms with E-state index in [4.69, 9.17) is 0 Å². The lowest BCUT2D eigenvalue weighted by Crippen LogP contribution is -2.43. The third kappa shape index (κ3) is 3.06. The van der Waals surface area contributed by atoms with Crippen molar-refractivity contribution < 1.29 is 0 Å². The van der Waals surface area contributed by atoms with Crippen molar-refractivity contribution in [1.82, 2.24) is 10.3 Å². The molecule has 1 fully saturated rings. The van der Waals surface area contributed by atoms with Gasteiger partial charge in [0.1, 0.15) is 0 Å². The zero-order valence-electron chi connectivity index (χ0n) is 11.2. The maximum absolute atomic E-state index is 4.08. The van der Waals surface area contributed by atoms with Gasteiger partial charge in [-0.15, -0.1) is 0 Å². The van der Waals surface area contributed by atoms with E-state index in [9.17, 15) is 0 Å². The van der Waals surface area contributed by atoms with Crippen molar-refractivity contribution in [3.8, 4) is 0 Å². The second kappa shape index (κ2) is 5.63. The van der Waals surface area contributed by atoms with Crippen LogP contribution in [0.5, 0.6) is 0 Å². The molecule has 0 amide bonds. The lowest BCUT2D eigenvalue weighted by Gasteiger charge is -2.37. The Kier molecular flexibility index (Phi) is 4.16. The summed E-state index contributed by atoms with van der Waals surface area (Å²) in [7, 11) is 0. The molecule has 1 saturated carbocycles. The number of pyridine rings is 1. The molecule has 0 bridgehead atoms. The fraction of sp³-hybridized carbons (Fsp3) is 0.667. The van der Waals surface area contributed by atoms with Crippen LogP contribution in [0.2, 0.25) is 0 Å². The number of nitrogens with zero attached hydrogens (tertiary/aromatic N) is 1. The van der Waals surface area contributed by atoms with E-state index < -0.39 is 0 Å². The molecule has 0 aromatic carbocycles. The van der Waals surface area contributed by atoms with Crippen LogP contribution in [0.4, 0.5) is 0 Å². The molecule has 0 spiro atoms. The van der Waals surface area contributed by atoms with Crippen LogP contribution >= 0.6 is 0 Å². The summed E-state index contributed by atoms with van der Waals surface area (Å²) in [6, 6.07) is 5.30. The highest BCUT2D eigenvalue weighted by atomic mass is 15.0. The fourth-order valence-corrected chi connectivity index (χ4v) is 3.05. The number of rotatable bonds is 3. The molecule has 1 heterocycles. The summed E-state index contributed by atoms with van der Waals surface area (Å²) in [4.78, 5) is 4.08. The molecule has 0 saturated heterocycles. The number of aromatic nitrogens is 1. The topological polar surface area (TPSA) is 24.9 Å². The summed E-state index contributed by atoms with van der Waals surface area (Å²) in [6.45, 7) is 7.02. The Morgan fingerprint density at radius 2 is 1.76 bits per heavy atom. The van der Waals surface area contributed by atoms with E-state index in [2.05, 4.69) is 43.2 Å². The molecule has 2 nitrogen and oxygen atoms in total. The Bertz CT molecular complexity index is 326. The largest absolute Gasteiger partial charge is 0.307 e. The summed E-state index contributed by atoms with van der Waals surface area (Å²) >= 11 is 0. The molecular weight excluding hydrogens is 208 g/mol. The highest BCUT2D eigenvalue weighted by Gasteiger charge is 2.28. The normalized spacial score (nSPS) is 31.1. The van der Waals surface area contributed by atoms with Gasteiger partial charge in [0.25, 0.3) is 0 Å². The Balaban J connectivity index is 2.00. The van der Waals surface area contributed by atoms with Gasteiger partial charge in [-0.25, -0.2) is 0 Å². The Morgan fingerprint density at radius 1 is 1.18 bits per heavy atom. The number of hydrogen-bond donors (Lipinski definition) is 1. The predicted molar refractivity (Wildman–Crippen MR) is 71.8 cm³/mol. The second-order valence-corrected chi connectivity index (χ2v) is 5.58. The van der Waals surface area contributed by atoms with Crippen molar-refractivity contribution in [3.63, 3.8) is 0 Å². The summed E-state index contributed by atoms with van der Waals surface area (Å²) in [5, 5.41) is 3.81. The SMILES string of the molecule is CC(NC1C(C)CCCC1C)c1ccncc1. The van der Waals surface area contributed by atoms with Crippen LogP contribution in [0.25, 0.3) is 0 Å². The molecule has 2 heteroatoms. The summed E-state index contributed by atoms with van der Waals surface area (Å²) < 4.78 is 0. The Labute approximate surface area is 105 Å². The van der Waals surface area contributed by atoms with Gasteiger partial charge in [0.05, 0.1) is 0 Å². The molecule has 2 rings (SSSR count). The van der Waals surface area contributed by atoms with Gasteiger partial charge in [-0.05, 0) is 49.3 Å². The Hall–Kier alpha value is -0.890. The summed E-state index contributed by atoms with van der Waals surface area (Å²) in [5.41, 5.74) is 1.34. The summed E-state index contributed by atoms with van der Waals surface area (Å²) in [5.74, 6) is 1.59. The molecule has 94 valence electrons. The average molecular weight is 232 g/mol. The van der Waals surface area contributed by atoms with E-state index in [1.807, 2.05) is 12.4 Å². The zero-order chi connectivity index (χ0) is 12.3. The van der Waals surface area contributed by atoms with Gasteiger partial charge in [0.15, 0.2) is 0 Å². The fourth-order valence-electron chi connectivity index (χ4n) is 3.05. The monoisotopic (exact) mass is 232 g/mol. The molecule has 1 aromatic heterocycles. The third-order valence-electron chi connectivity index (χ3n) is 4.19. The molecule has 0 aliphatic heterocycles. The predicted octanol–water partition coefficient (Wildman–Crippen LogP) is 3.56. The van der Waals surface area contributed by atoms with Crippen LogP contribution in [0.3, 0.4) is 0 Å². The third-order valence-corrected chi connectivity index (χ3v) is 4.19. The van der Waals surface area contributed by atoms with Crippen LogP contribution in [0.1, 0.15) is 51.6 Å². The molecule has 0 radical (unpaired) electrons. The molecule has 3 atom stereocenters. The maximum atomic E-state index is 4.08. The number of nitrogens with one attached hydrogen (secondary N) is 1. The van der Waals surface area contributed by atoms with Crippen LogP contribution in [-0.2, 0) is 0 Å². The van der Waals surface area contributed by atoms with Crippen molar-refractivity contribution in [3.05, 3.63) is 30.1 Å². The van der Waals surface area contributed by atoms with Crippen LogP contribution in [-0.4, -0.2) is 11.0 Å². The van der Waals surface area contributed by atoms with Crippen LogP contribution < -0.4 is 5.32 Å². The standard InChI is InChI=1S/C15H24N2/c1-11-5-4-6-12(2)15(11)17-13(3)14-7-9-16-10-8-14/h7-13,15,17H,4-6H2,1-3H3. The number of hydrogen-bond acceptors (Lipinski definition) is 2.